The van der Waals surface area contributed by atoms with Crippen LogP contribution in [-0.2, 0) is 4.79 Å². The summed E-state index contributed by atoms with van der Waals surface area (Å²) in [6.07, 6.45) is 2.71. The lowest BCUT2D eigenvalue weighted by Crippen LogP contribution is -2.33. The first-order valence-electron chi connectivity index (χ1n) is 8.00. The predicted molar refractivity (Wildman–Crippen MR) is 94.4 cm³/mol. The van der Waals surface area contributed by atoms with Crippen molar-refractivity contribution in [2.45, 2.75) is 19.8 Å². The second-order valence-electron chi connectivity index (χ2n) is 6.76. The molecule has 1 saturated heterocycles. The Kier molecular flexibility index (Phi) is 4.76. The smallest absolute Gasteiger partial charge is 0.213 e. The van der Waals surface area contributed by atoms with E-state index < -0.39 is 0 Å². The minimum atomic E-state index is -0.179. The molecule has 126 valence electrons. The van der Waals surface area contributed by atoms with Crippen LogP contribution < -0.4 is 4.74 Å². The number of benzene rings is 1. The summed E-state index contributed by atoms with van der Waals surface area (Å²) in [6.45, 7) is 6.00. The monoisotopic (exact) mass is 344 g/mol. The Morgan fingerprint density at radius 3 is 2.71 bits per heavy atom. The number of carbonyl (C=O) groups is 1. The maximum absolute atomic E-state index is 11.3. The van der Waals surface area contributed by atoms with Crippen LogP contribution in [0.25, 0.3) is 0 Å². The molecule has 1 aromatic heterocycles. The average Bonchev–Trinajstić information content (AvgIpc) is 2.92. The molecule has 1 aromatic carbocycles. The van der Waals surface area contributed by atoms with Crippen LogP contribution in [0.15, 0.2) is 42.6 Å². The topological polar surface area (TPSA) is 42.4 Å². The Bertz CT molecular complexity index is 702. The normalized spacial score (nSPS) is 23.3. The zero-order chi connectivity index (χ0) is 17.2. The van der Waals surface area contributed by atoms with Crippen LogP contribution in [0.2, 0.25) is 5.02 Å². The first-order chi connectivity index (χ1) is 11.5. The van der Waals surface area contributed by atoms with Crippen molar-refractivity contribution in [1.29, 1.82) is 0 Å². The van der Waals surface area contributed by atoms with Gasteiger partial charge in [0, 0.05) is 41.7 Å². The van der Waals surface area contributed by atoms with Gasteiger partial charge in [-0.1, -0.05) is 36.7 Å². The molecule has 5 heteroatoms. The number of nitrogens with zero attached hydrogens (tertiary/aromatic N) is 2. The average molecular weight is 345 g/mol. The second-order valence-corrected chi connectivity index (χ2v) is 7.19. The van der Waals surface area contributed by atoms with Crippen LogP contribution in [-0.4, -0.2) is 36.0 Å². The van der Waals surface area contributed by atoms with Gasteiger partial charge in [-0.3, -0.25) is 4.79 Å². The first kappa shape index (κ1) is 16.8. The highest BCUT2D eigenvalue weighted by atomic mass is 35.5. The zero-order valence-electron chi connectivity index (χ0n) is 13.9. The molecule has 2 unspecified atom stereocenters. The number of amides is 1. The van der Waals surface area contributed by atoms with Crippen LogP contribution in [0.4, 0.5) is 0 Å². The van der Waals surface area contributed by atoms with Gasteiger partial charge in [-0.2, -0.15) is 0 Å². The molecule has 0 radical (unpaired) electrons. The number of halogens is 1. The summed E-state index contributed by atoms with van der Waals surface area (Å²) >= 11 is 6.00. The van der Waals surface area contributed by atoms with E-state index in [4.69, 9.17) is 16.3 Å². The van der Waals surface area contributed by atoms with Crippen LogP contribution in [0, 0.1) is 12.3 Å². The number of hydrogen-bond donors (Lipinski definition) is 0. The first-order valence-corrected chi connectivity index (χ1v) is 8.38. The SMILES string of the molecule is Cc1ccc(OCC2(C)CN(C=O)CC2c2ccc(Cl)cc2)nc1. The molecule has 0 N–H and O–H groups in total. The summed E-state index contributed by atoms with van der Waals surface area (Å²) in [6, 6.07) is 11.7. The van der Waals surface area contributed by atoms with Crippen molar-refractivity contribution in [2.24, 2.45) is 5.41 Å². The maximum Gasteiger partial charge on any atom is 0.213 e. The molecule has 4 nitrogen and oxygen atoms in total. The van der Waals surface area contributed by atoms with E-state index in [1.165, 1.54) is 5.56 Å². The van der Waals surface area contributed by atoms with Gasteiger partial charge in [0.25, 0.3) is 0 Å². The van der Waals surface area contributed by atoms with Crippen LogP contribution in [0.1, 0.15) is 24.0 Å². The van der Waals surface area contributed by atoms with Gasteiger partial charge in [0.15, 0.2) is 0 Å². The van der Waals surface area contributed by atoms with Crippen molar-refractivity contribution in [2.75, 3.05) is 19.7 Å². The molecule has 2 atom stereocenters. The molecule has 1 fully saturated rings. The van der Waals surface area contributed by atoms with E-state index in [9.17, 15) is 4.79 Å². The van der Waals surface area contributed by atoms with Crippen LogP contribution in [0.3, 0.4) is 0 Å². The summed E-state index contributed by atoms with van der Waals surface area (Å²) in [4.78, 5) is 17.4. The van der Waals surface area contributed by atoms with E-state index in [1.54, 1.807) is 6.20 Å². The second kappa shape index (κ2) is 6.81. The van der Waals surface area contributed by atoms with Gasteiger partial charge < -0.3 is 9.64 Å². The molecule has 0 spiro atoms. The van der Waals surface area contributed by atoms with Crippen molar-refractivity contribution in [3.63, 3.8) is 0 Å². The van der Waals surface area contributed by atoms with Crippen molar-refractivity contribution in [3.05, 3.63) is 58.7 Å². The Hall–Kier alpha value is -2.07. The van der Waals surface area contributed by atoms with Crippen molar-refractivity contribution in [1.82, 2.24) is 9.88 Å². The molecular formula is C19H21ClN2O2. The molecule has 3 rings (SSSR count). The maximum atomic E-state index is 11.3. The van der Waals surface area contributed by atoms with Gasteiger partial charge in [0.1, 0.15) is 0 Å². The molecule has 2 aromatic rings. The Morgan fingerprint density at radius 1 is 1.33 bits per heavy atom. The lowest BCUT2D eigenvalue weighted by atomic mass is 9.77. The van der Waals surface area contributed by atoms with Gasteiger partial charge in [0.05, 0.1) is 6.61 Å². The quantitative estimate of drug-likeness (QED) is 0.777. The third-order valence-electron chi connectivity index (χ3n) is 4.68. The summed E-state index contributed by atoms with van der Waals surface area (Å²) in [5.41, 5.74) is 2.09. The van der Waals surface area contributed by atoms with E-state index in [1.807, 2.05) is 48.2 Å². The molecule has 0 aliphatic carbocycles. The van der Waals surface area contributed by atoms with E-state index in [-0.39, 0.29) is 11.3 Å². The van der Waals surface area contributed by atoms with E-state index >= 15 is 0 Å². The third kappa shape index (κ3) is 3.54. The number of rotatable bonds is 5. The van der Waals surface area contributed by atoms with Gasteiger partial charge in [0.2, 0.25) is 12.3 Å². The molecular weight excluding hydrogens is 324 g/mol. The number of pyridine rings is 1. The Morgan fingerprint density at radius 2 is 2.08 bits per heavy atom. The molecule has 24 heavy (non-hydrogen) atoms. The summed E-state index contributed by atoms with van der Waals surface area (Å²) in [7, 11) is 0. The molecule has 1 aliphatic rings. The minimum absolute atomic E-state index is 0.179. The largest absolute Gasteiger partial charge is 0.477 e. The highest BCUT2D eigenvalue weighted by Crippen LogP contribution is 2.42. The van der Waals surface area contributed by atoms with Gasteiger partial charge in [-0.15, -0.1) is 0 Å². The van der Waals surface area contributed by atoms with Crippen molar-refractivity contribution in [3.8, 4) is 5.88 Å². The molecule has 2 heterocycles. The molecule has 0 bridgehead atoms. The van der Waals surface area contributed by atoms with E-state index in [2.05, 4.69) is 11.9 Å². The summed E-state index contributed by atoms with van der Waals surface area (Å²) in [5.74, 6) is 0.812. The number of hydrogen-bond acceptors (Lipinski definition) is 3. The summed E-state index contributed by atoms with van der Waals surface area (Å²) < 4.78 is 5.94. The number of aryl methyl sites for hydroxylation is 1. The summed E-state index contributed by atoms with van der Waals surface area (Å²) in [5, 5.41) is 0.714. The highest BCUT2D eigenvalue weighted by Gasteiger charge is 2.44. The van der Waals surface area contributed by atoms with Crippen LogP contribution in [0.5, 0.6) is 5.88 Å². The fourth-order valence-corrected chi connectivity index (χ4v) is 3.43. The lowest BCUT2D eigenvalue weighted by Gasteiger charge is -2.30. The molecule has 1 amide bonds. The van der Waals surface area contributed by atoms with Crippen molar-refractivity contribution < 1.29 is 9.53 Å². The van der Waals surface area contributed by atoms with Crippen molar-refractivity contribution >= 4 is 18.0 Å². The molecule has 0 saturated carbocycles. The third-order valence-corrected chi connectivity index (χ3v) is 4.93. The van der Waals surface area contributed by atoms with Gasteiger partial charge in [-0.25, -0.2) is 4.98 Å². The number of carbonyl (C=O) groups excluding carboxylic acids is 1. The molecule has 1 aliphatic heterocycles. The number of ether oxygens (including phenoxy) is 1. The lowest BCUT2D eigenvalue weighted by molar-refractivity contribution is -0.117. The van der Waals surface area contributed by atoms with Gasteiger partial charge >= 0.3 is 0 Å². The highest BCUT2D eigenvalue weighted by molar-refractivity contribution is 6.30. The number of aromatic nitrogens is 1. The Labute approximate surface area is 147 Å². The Balaban J connectivity index is 1.79. The number of likely N-dealkylation sites (tertiary alicyclic amines) is 1. The fourth-order valence-electron chi connectivity index (χ4n) is 3.30. The predicted octanol–water partition coefficient (Wildman–Crippen LogP) is 3.68. The minimum Gasteiger partial charge on any atom is -0.477 e. The fraction of sp³-hybridized carbons (Fsp3) is 0.368. The standard InChI is InChI=1S/C19H21ClN2O2/c1-14-3-8-18(21-9-14)24-12-19(2)11-22(13-23)10-17(19)15-4-6-16(20)7-5-15/h3-9,13,17H,10-12H2,1-2H3. The van der Waals surface area contributed by atoms with Crippen LogP contribution >= 0.6 is 11.6 Å². The van der Waals surface area contributed by atoms with Gasteiger partial charge in [-0.05, 0) is 30.2 Å². The van der Waals surface area contributed by atoms with E-state index in [0.29, 0.717) is 30.6 Å². The van der Waals surface area contributed by atoms with E-state index in [0.717, 1.165) is 12.0 Å². The zero-order valence-corrected chi connectivity index (χ0v) is 14.7.